The van der Waals surface area contributed by atoms with Gasteiger partial charge in [-0.3, -0.25) is 4.79 Å². The number of benzene rings is 2. The van der Waals surface area contributed by atoms with Gasteiger partial charge in [-0.25, -0.2) is 4.39 Å². The summed E-state index contributed by atoms with van der Waals surface area (Å²) in [6.07, 6.45) is 0. The number of rotatable bonds is 4. The third kappa shape index (κ3) is 3.64. The normalized spacial score (nSPS) is 10.3. The lowest BCUT2D eigenvalue weighted by Gasteiger charge is -2.08. The first kappa shape index (κ1) is 13.7. The maximum atomic E-state index is 13.1. The predicted molar refractivity (Wildman–Crippen MR) is 75.1 cm³/mol. The lowest BCUT2D eigenvalue weighted by Crippen LogP contribution is -2.12. The summed E-state index contributed by atoms with van der Waals surface area (Å²) in [5.74, 6) is -0.220. The van der Waals surface area contributed by atoms with E-state index in [-0.39, 0.29) is 12.4 Å². The number of ether oxygens (including phenoxy) is 1. The van der Waals surface area contributed by atoms with Crippen molar-refractivity contribution in [3.63, 3.8) is 0 Å². The monoisotopic (exact) mass is 322 g/mol. The Morgan fingerprint density at radius 3 is 2.79 bits per heavy atom. The maximum Gasteiger partial charge on any atom is 0.200 e. The van der Waals surface area contributed by atoms with E-state index < -0.39 is 5.82 Å². The molecular formula is C15H12BrFO2. The molecule has 2 aromatic rings. The minimum absolute atomic E-state index is 0.120. The number of hydrogen-bond donors (Lipinski definition) is 0. The van der Waals surface area contributed by atoms with Crippen LogP contribution in [0.3, 0.4) is 0 Å². The van der Waals surface area contributed by atoms with Crippen LogP contribution in [-0.2, 0) is 0 Å². The molecule has 0 unspecified atom stereocenters. The van der Waals surface area contributed by atoms with Crippen molar-refractivity contribution >= 4 is 21.7 Å². The number of ketones is 1. The van der Waals surface area contributed by atoms with Crippen LogP contribution in [0.5, 0.6) is 5.75 Å². The molecule has 98 valence electrons. The summed E-state index contributed by atoms with van der Waals surface area (Å²) in [6.45, 7) is 1.80. The Balaban J connectivity index is 2.06. The van der Waals surface area contributed by atoms with Crippen molar-refractivity contribution in [2.45, 2.75) is 6.92 Å². The minimum atomic E-state index is -0.402. The van der Waals surface area contributed by atoms with Gasteiger partial charge in [-0.1, -0.05) is 23.8 Å². The highest BCUT2D eigenvalue weighted by Gasteiger charge is 2.09. The summed E-state index contributed by atoms with van der Waals surface area (Å²) in [4.78, 5) is 11.9. The first-order valence-electron chi connectivity index (χ1n) is 5.74. The first-order valence-corrected chi connectivity index (χ1v) is 6.53. The van der Waals surface area contributed by atoms with Gasteiger partial charge >= 0.3 is 0 Å². The van der Waals surface area contributed by atoms with Gasteiger partial charge in [-0.05, 0) is 41.1 Å². The second-order valence-electron chi connectivity index (χ2n) is 4.16. The lowest BCUT2D eigenvalue weighted by molar-refractivity contribution is 0.0920. The highest BCUT2D eigenvalue weighted by molar-refractivity contribution is 9.10. The molecule has 0 amide bonds. The van der Waals surface area contributed by atoms with E-state index in [0.29, 0.717) is 15.8 Å². The lowest BCUT2D eigenvalue weighted by atomic mass is 10.1. The maximum absolute atomic E-state index is 13.1. The van der Waals surface area contributed by atoms with Crippen LogP contribution in [0.25, 0.3) is 0 Å². The first-order chi connectivity index (χ1) is 9.06. The molecule has 2 aromatic carbocycles. The van der Waals surface area contributed by atoms with E-state index in [1.165, 1.54) is 12.1 Å². The van der Waals surface area contributed by atoms with E-state index in [1.807, 2.05) is 19.1 Å². The van der Waals surface area contributed by atoms with Crippen molar-refractivity contribution in [1.29, 1.82) is 0 Å². The van der Waals surface area contributed by atoms with E-state index in [4.69, 9.17) is 4.74 Å². The van der Waals surface area contributed by atoms with E-state index in [1.54, 1.807) is 18.2 Å². The van der Waals surface area contributed by atoms with E-state index in [2.05, 4.69) is 15.9 Å². The van der Waals surface area contributed by atoms with Crippen LogP contribution in [0.15, 0.2) is 46.9 Å². The molecule has 0 aromatic heterocycles. The number of halogens is 2. The second kappa shape index (κ2) is 5.97. The smallest absolute Gasteiger partial charge is 0.200 e. The molecule has 0 aliphatic carbocycles. The Labute approximate surface area is 119 Å². The molecule has 0 atom stereocenters. The van der Waals surface area contributed by atoms with Gasteiger partial charge in [-0.15, -0.1) is 0 Å². The third-order valence-electron chi connectivity index (χ3n) is 2.59. The fraction of sp³-hybridized carbons (Fsp3) is 0.133. The van der Waals surface area contributed by atoms with Crippen molar-refractivity contribution in [3.8, 4) is 5.75 Å². The topological polar surface area (TPSA) is 26.3 Å². The Morgan fingerprint density at radius 2 is 2.05 bits per heavy atom. The number of hydrogen-bond acceptors (Lipinski definition) is 2. The Hall–Kier alpha value is -1.68. The second-order valence-corrected chi connectivity index (χ2v) is 5.01. The molecule has 0 aliphatic heterocycles. The van der Waals surface area contributed by atoms with Crippen LogP contribution >= 0.6 is 15.9 Å². The summed E-state index contributed by atoms with van der Waals surface area (Å²) >= 11 is 3.25. The van der Waals surface area contributed by atoms with Crippen molar-refractivity contribution in [2.75, 3.05) is 6.61 Å². The van der Waals surface area contributed by atoms with Gasteiger partial charge in [0.05, 0.1) is 4.47 Å². The number of Topliss-reactive ketones (excluding diaryl/α,β-unsaturated/α-hetero) is 1. The molecule has 0 aliphatic rings. The van der Waals surface area contributed by atoms with Crippen LogP contribution in [0.4, 0.5) is 4.39 Å². The standard InChI is InChI=1S/C15H12BrFO2/c1-10-3-2-4-11(7-10)14(18)9-19-15-8-12(17)5-6-13(15)16/h2-8H,9H2,1H3. The van der Waals surface area contributed by atoms with Crippen LogP contribution in [0, 0.1) is 12.7 Å². The number of carbonyl (C=O) groups excluding carboxylic acids is 1. The molecule has 0 saturated carbocycles. The fourth-order valence-corrected chi connectivity index (χ4v) is 1.99. The zero-order chi connectivity index (χ0) is 13.8. The number of aryl methyl sites for hydroxylation is 1. The van der Waals surface area contributed by atoms with Crippen molar-refractivity contribution in [3.05, 3.63) is 63.9 Å². The quantitative estimate of drug-likeness (QED) is 0.790. The Kier molecular flexibility index (Phi) is 4.32. The van der Waals surface area contributed by atoms with Gasteiger partial charge in [0, 0.05) is 11.6 Å². The summed E-state index contributed by atoms with van der Waals surface area (Å²) in [5, 5.41) is 0. The highest BCUT2D eigenvalue weighted by atomic mass is 79.9. The Morgan fingerprint density at radius 1 is 1.26 bits per heavy atom. The molecule has 2 rings (SSSR count). The van der Waals surface area contributed by atoms with Crippen molar-refractivity contribution in [2.24, 2.45) is 0 Å². The van der Waals surface area contributed by atoms with E-state index in [0.717, 1.165) is 5.56 Å². The predicted octanol–water partition coefficient (Wildman–Crippen LogP) is 4.16. The van der Waals surface area contributed by atoms with Crippen LogP contribution in [0.2, 0.25) is 0 Å². The molecule has 2 nitrogen and oxygen atoms in total. The average Bonchev–Trinajstić information content (AvgIpc) is 2.39. The van der Waals surface area contributed by atoms with Crippen molar-refractivity contribution < 1.29 is 13.9 Å². The molecule has 0 heterocycles. The van der Waals surface area contributed by atoms with Gasteiger partial charge in [0.2, 0.25) is 0 Å². The van der Waals surface area contributed by atoms with Gasteiger partial charge in [0.15, 0.2) is 12.4 Å². The molecule has 0 radical (unpaired) electrons. The van der Waals surface area contributed by atoms with Gasteiger partial charge in [0.1, 0.15) is 11.6 Å². The summed E-state index contributed by atoms with van der Waals surface area (Å²) in [7, 11) is 0. The molecule has 0 bridgehead atoms. The van der Waals surface area contributed by atoms with Crippen LogP contribution < -0.4 is 4.74 Å². The zero-order valence-corrected chi connectivity index (χ0v) is 11.9. The van der Waals surface area contributed by atoms with Crippen molar-refractivity contribution in [1.82, 2.24) is 0 Å². The number of carbonyl (C=O) groups is 1. The average molecular weight is 323 g/mol. The SMILES string of the molecule is Cc1cccc(C(=O)COc2cc(F)ccc2Br)c1. The van der Waals surface area contributed by atoms with Gasteiger partial charge in [0.25, 0.3) is 0 Å². The molecule has 0 N–H and O–H groups in total. The zero-order valence-electron chi connectivity index (χ0n) is 10.3. The molecule has 4 heteroatoms. The Bertz CT molecular complexity index is 611. The van der Waals surface area contributed by atoms with Crippen LogP contribution in [0.1, 0.15) is 15.9 Å². The van der Waals surface area contributed by atoms with E-state index >= 15 is 0 Å². The third-order valence-corrected chi connectivity index (χ3v) is 3.25. The highest BCUT2D eigenvalue weighted by Crippen LogP contribution is 2.25. The van der Waals surface area contributed by atoms with Gasteiger partial charge in [-0.2, -0.15) is 0 Å². The van der Waals surface area contributed by atoms with Gasteiger partial charge < -0.3 is 4.74 Å². The minimum Gasteiger partial charge on any atom is -0.484 e. The van der Waals surface area contributed by atoms with Crippen LogP contribution in [-0.4, -0.2) is 12.4 Å². The largest absolute Gasteiger partial charge is 0.484 e. The summed E-state index contributed by atoms with van der Waals surface area (Å²) < 4.78 is 19.0. The molecule has 0 fully saturated rings. The molecule has 0 saturated heterocycles. The molecular weight excluding hydrogens is 311 g/mol. The summed E-state index contributed by atoms with van der Waals surface area (Å²) in [5.41, 5.74) is 1.60. The molecule has 19 heavy (non-hydrogen) atoms. The summed E-state index contributed by atoms with van der Waals surface area (Å²) in [6, 6.07) is 11.4. The fourth-order valence-electron chi connectivity index (χ4n) is 1.63. The van der Waals surface area contributed by atoms with E-state index in [9.17, 15) is 9.18 Å². The molecule has 0 spiro atoms.